The summed E-state index contributed by atoms with van der Waals surface area (Å²) in [6.07, 6.45) is 3.66. The lowest BCUT2D eigenvalue weighted by Crippen LogP contribution is -2.27. The van der Waals surface area contributed by atoms with E-state index in [0.29, 0.717) is 0 Å². The standard InChI is InChI=1S/C14H11F2N3O2/c15-8-1-2-12(16)10(3-8)11-4-9(20)5-13(21)14(11)19-7-17-6-18-19/h1-3,5-7,11,14,21H,4H2/t11-,14+/m1/s1. The van der Waals surface area contributed by atoms with Crippen LogP contribution in [0.1, 0.15) is 23.9 Å². The molecule has 3 rings (SSSR count). The Bertz CT molecular complexity index is 713. The Morgan fingerprint density at radius 1 is 1.33 bits per heavy atom. The van der Waals surface area contributed by atoms with Crippen molar-refractivity contribution in [2.75, 3.05) is 0 Å². The van der Waals surface area contributed by atoms with Crippen LogP contribution in [-0.2, 0) is 4.79 Å². The molecule has 0 radical (unpaired) electrons. The van der Waals surface area contributed by atoms with Crippen molar-refractivity contribution < 1.29 is 18.7 Å². The molecule has 5 nitrogen and oxygen atoms in total. The van der Waals surface area contributed by atoms with E-state index < -0.39 is 23.6 Å². The number of hydrogen-bond donors (Lipinski definition) is 1. The van der Waals surface area contributed by atoms with Gasteiger partial charge in [-0.3, -0.25) is 4.79 Å². The Morgan fingerprint density at radius 2 is 2.14 bits per heavy atom. The van der Waals surface area contributed by atoms with E-state index >= 15 is 0 Å². The fourth-order valence-corrected chi connectivity index (χ4v) is 2.60. The zero-order chi connectivity index (χ0) is 15.0. The molecule has 0 bridgehead atoms. The van der Waals surface area contributed by atoms with Crippen LogP contribution < -0.4 is 0 Å². The van der Waals surface area contributed by atoms with Crippen molar-refractivity contribution >= 4 is 5.78 Å². The number of ketones is 1. The summed E-state index contributed by atoms with van der Waals surface area (Å²) < 4.78 is 28.7. The van der Waals surface area contributed by atoms with Gasteiger partial charge in [0.15, 0.2) is 5.78 Å². The maximum absolute atomic E-state index is 14.0. The zero-order valence-electron chi connectivity index (χ0n) is 10.8. The predicted octanol–water partition coefficient (Wildman–Crippen LogP) is 2.30. The molecule has 0 fully saturated rings. The topological polar surface area (TPSA) is 68.0 Å². The summed E-state index contributed by atoms with van der Waals surface area (Å²) in [7, 11) is 0. The van der Waals surface area contributed by atoms with Gasteiger partial charge in [-0.05, 0) is 23.8 Å². The van der Waals surface area contributed by atoms with Crippen LogP contribution in [0.3, 0.4) is 0 Å². The zero-order valence-corrected chi connectivity index (χ0v) is 10.8. The van der Waals surface area contributed by atoms with Gasteiger partial charge in [0.05, 0.1) is 0 Å². The fourth-order valence-electron chi connectivity index (χ4n) is 2.60. The summed E-state index contributed by atoms with van der Waals surface area (Å²) in [5.74, 6) is -2.58. The van der Waals surface area contributed by atoms with E-state index in [0.717, 1.165) is 24.3 Å². The third kappa shape index (κ3) is 2.42. The minimum atomic E-state index is -0.790. The van der Waals surface area contributed by atoms with Crippen molar-refractivity contribution in [2.45, 2.75) is 18.4 Å². The van der Waals surface area contributed by atoms with Crippen LogP contribution in [-0.4, -0.2) is 25.7 Å². The van der Waals surface area contributed by atoms with Gasteiger partial charge in [0.2, 0.25) is 0 Å². The number of benzene rings is 1. The number of carbonyl (C=O) groups is 1. The number of aromatic nitrogens is 3. The Balaban J connectivity index is 2.12. The lowest BCUT2D eigenvalue weighted by Gasteiger charge is -2.29. The smallest absolute Gasteiger partial charge is 0.159 e. The van der Waals surface area contributed by atoms with Crippen molar-refractivity contribution in [3.8, 4) is 0 Å². The molecule has 1 N–H and O–H groups in total. The van der Waals surface area contributed by atoms with Gasteiger partial charge in [-0.25, -0.2) is 18.4 Å². The summed E-state index contributed by atoms with van der Waals surface area (Å²) in [5.41, 5.74) is 0.0310. The van der Waals surface area contributed by atoms with Crippen LogP contribution in [0.15, 0.2) is 42.7 Å². The van der Waals surface area contributed by atoms with Crippen molar-refractivity contribution in [1.29, 1.82) is 0 Å². The lowest BCUT2D eigenvalue weighted by molar-refractivity contribution is -0.116. The van der Waals surface area contributed by atoms with Gasteiger partial charge in [0.25, 0.3) is 0 Å². The molecule has 1 aliphatic rings. The molecule has 1 aromatic heterocycles. The number of nitrogens with zero attached hydrogens (tertiary/aromatic N) is 3. The molecule has 0 spiro atoms. The summed E-state index contributed by atoms with van der Waals surface area (Å²) in [6.45, 7) is 0. The van der Waals surface area contributed by atoms with Gasteiger partial charge in [0, 0.05) is 18.4 Å². The average Bonchev–Trinajstić information content (AvgIpc) is 2.94. The third-order valence-electron chi connectivity index (χ3n) is 3.49. The van der Waals surface area contributed by atoms with E-state index in [1.807, 2.05) is 0 Å². The number of aliphatic hydroxyl groups excluding tert-OH is 1. The van der Waals surface area contributed by atoms with Crippen molar-refractivity contribution in [3.05, 3.63) is 59.9 Å². The van der Waals surface area contributed by atoms with Crippen LogP contribution in [0.4, 0.5) is 8.78 Å². The maximum Gasteiger partial charge on any atom is 0.159 e. The van der Waals surface area contributed by atoms with Gasteiger partial charge in [-0.2, -0.15) is 5.10 Å². The molecule has 1 heterocycles. The van der Waals surface area contributed by atoms with Gasteiger partial charge in [-0.15, -0.1) is 0 Å². The van der Waals surface area contributed by atoms with Gasteiger partial charge in [0.1, 0.15) is 36.1 Å². The normalized spacial score (nSPS) is 22.2. The van der Waals surface area contributed by atoms with E-state index in [1.54, 1.807) is 0 Å². The second kappa shape index (κ2) is 5.08. The number of carbonyl (C=O) groups excluding carboxylic acids is 1. The van der Waals surface area contributed by atoms with Crippen LogP contribution in [0.25, 0.3) is 0 Å². The number of halogens is 2. The Hall–Kier alpha value is -2.57. The first kappa shape index (κ1) is 13.4. The number of aliphatic hydroxyl groups is 1. The van der Waals surface area contributed by atoms with Crippen LogP contribution >= 0.6 is 0 Å². The molecular weight excluding hydrogens is 280 g/mol. The molecule has 0 saturated heterocycles. The Morgan fingerprint density at radius 3 is 2.86 bits per heavy atom. The third-order valence-corrected chi connectivity index (χ3v) is 3.49. The molecular formula is C14H11F2N3O2. The highest BCUT2D eigenvalue weighted by molar-refractivity contribution is 5.92. The summed E-state index contributed by atoms with van der Waals surface area (Å²) in [5, 5.41) is 14.0. The van der Waals surface area contributed by atoms with Crippen LogP contribution in [0.2, 0.25) is 0 Å². The van der Waals surface area contributed by atoms with E-state index in [9.17, 15) is 18.7 Å². The largest absolute Gasteiger partial charge is 0.510 e. The molecule has 1 aliphatic carbocycles. The maximum atomic E-state index is 14.0. The van der Waals surface area contributed by atoms with Crippen molar-refractivity contribution in [3.63, 3.8) is 0 Å². The van der Waals surface area contributed by atoms with E-state index in [2.05, 4.69) is 10.1 Å². The quantitative estimate of drug-likeness (QED) is 0.921. The summed E-state index contributed by atoms with van der Waals surface area (Å²) >= 11 is 0. The highest BCUT2D eigenvalue weighted by Crippen LogP contribution is 2.40. The lowest BCUT2D eigenvalue weighted by atomic mass is 9.82. The minimum absolute atomic E-state index is 0.0310. The molecule has 7 heteroatoms. The van der Waals surface area contributed by atoms with E-state index in [1.165, 1.54) is 17.3 Å². The van der Waals surface area contributed by atoms with E-state index in [4.69, 9.17) is 0 Å². The Kier molecular flexibility index (Phi) is 3.25. The first-order chi connectivity index (χ1) is 10.1. The number of allylic oxidation sites excluding steroid dienone is 2. The van der Waals surface area contributed by atoms with Crippen molar-refractivity contribution in [2.24, 2.45) is 0 Å². The van der Waals surface area contributed by atoms with Crippen LogP contribution in [0, 0.1) is 11.6 Å². The number of rotatable bonds is 2. The molecule has 0 unspecified atom stereocenters. The van der Waals surface area contributed by atoms with Gasteiger partial charge in [-0.1, -0.05) is 0 Å². The summed E-state index contributed by atoms with van der Waals surface area (Å²) in [6, 6.07) is 2.25. The molecule has 0 aliphatic heterocycles. The first-order valence-electron chi connectivity index (χ1n) is 6.28. The highest BCUT2D eigenvalue weighted by atomic mass is 19.1. The fraction of sp³-hybridized carbons (Fsp3) is 0.214. The van der Waals surface area contributed by atoms with Gasteiger partial charge < -0.3 is 5.11 Å². The molecule has 21 heavy (non-hydrogen) atoms. The van der Waals surface area contributed by atoms with Gasteiger partial charge >= 0.3 is 0 Å². The monoisotopic (exact) mass is 291 g/mol. The van der Waals surface area contributed by atoms with Crippen LogP contribution in [0.5, 0.6) is 0 Å². The first-order valence-corrected chi connectivity index (χ1v) is 6.28. The molecule has 1 aromatic carbocycles. The molecule has 2 aromatic rings. The van der Waals surface area contributed by atoms with Crippen molar-refractivity contribution in [1.82, 2.24) is 14.8 Å². The molecule has 108 valence electrons. The second-order valence-electron chi connectivity index (χ2n) is 4.83. The minimum Gasteiger partial charge on any atom is -0.510 e. The molecule has 2 atom stereocenters. The second-order valence-corrected chi connectivity index (χ2v) is 4.83. The average molecular weight is 291 g/mol. The SMILES string of the molecule is O=C1C=C(O)[C@@H](n2cncn2)[C@@H](c2cc(F)ccc2F)C1. The predicted molar refractivity (Wildman–Crippen MR) is 68.5 cm³/mol. The van der Waals surface area contributed by atoms with E-state index in [-0.39, 0.29) is 23.5 Å². The summed E-state index contributed by atoms with van der Waals surface area (Å²) in [4.78, 5) is 15.5. The number of hydrogen-bond acceptors (Lipinski definition) is 4. The molecule has 0 amide bonds. The Labute approximate surface area is 118 Å². The molecule has 0 saturated carbocycles. The highest BCUT2D eigenvalue weighted by Gasteiger charge is 2.36.